The van der Waals surface area contributed by atoms with E-state index in [1.54, 1.807) is 50.2 Å². The Morgan fingerprint density at radius 1 is 0.915 bits per heavy atom. The summed E-state index contributed by atoms with van der Waals surface area (Å²) in [4.78, 5) is 58.9. The number of nitrogens with two attached hydrogens (primary N) is 3. The van der Waals surface area contributed by atoms with E-state index in [0.29, 0.717) is 18.5 Å². The van der Waals surface area contributed by atoms with E-state index in [-0.39, 0.29) is 50.2 Å². The van der Waals surface area contributed by atoms with Gasteiger partial charge in [-0.2, -0.15) is 0 Å². The van der Waals surface area contributed by atoms with Crippen LogP contribution in [0.1, 0.15) is 58.1 Å². The molecule has 0 saturated carbocycles. The van der Waals surface area contributed by atoms with Crippen LogP contribution in [0.5, 0.6) is 0 Å². The van der Waals surface area contributed by atoms with Crippen LogP contribution in [0.3, 0.4) is 0 Å². The third kappa shape index (κ3) is 13.8. The molecule has 2 aromatic rings. The summed E-state index contributed by atoms with van der Waals surface area (Å²) in [7, 11) is 0. The molecular formula is C34H51N7O6. The summed E-state index contributed by atoms with van der Waals surface area (Å²) in [5.41, 5.74) is 18.3. The van der Waals surface area contributed by atoms with E-state index in [4.69, 9.17) is 21.9 Å². The first-order valence-electron chi connectivity index (χ1n) is 15.9. The molecule has 4 amide bonds. The Labute approximate surface area is 277 Å². The Morgan fingerprint density at radius 3 is 2.06 bits per heavy atom. The van der Waals surface area contributed by atoms with Gasteiger partial charge in [0, 0.05) is 19.5 Å². The number of carbonyl (C=O) groups is 4. The summed E-state index contributed by atoms with van der Waals surface area (Å²) in [5.74, 6) is -2.37. The summed E-state index contributed by atoms with van der Waals surface area (Å²) in [6, 6.07) is 15.1. The number of nitrogens with one attached hydrogen (secondary N) is 2. The molecule has 9 N–H and O–H groups in total. The summed E-state index contributed by atoms with van der Waals surface area (Å²) >= 11 is 0. The molecule has 2 rings (SSSR count). The average Bonchev–Trinajstić information content (AvgIpc) is 3.03. The number of amides is 4. The van der Waals surface area contributed by atoms with Crippen LogP contribution in [0, 0.1) is 11.8 Å². The predicted octanol–water partition coefficient (Wildman–Crippen LogP) is 1.81. The monoisotopic (exact) mass is 653 g/mol. The number of hydrogen-bond acceptors (Lipinski definition) is 8. The van der Waals surface area contributed by atoms with Crippen LogP contribution in [0.2, 0.25) is 0 Å². The number of carbonyl (C=O) groups excluding carboxylic acids is 4. The second-order valence-corrected chi connectivity index (χ2v) is 12.3. The van der Waals surface area contributed by atoms with Gasteiger partial charge in [-0.1, -0.05) is 88.4 Å². The number of nitrogens with zero attached hydrogens (tertiary/aromatic N) is 2. The van der Waals surface area contributed by atoms with Crippen LogP contribution >= 0.6 is 0 Å². The van der Waals surface area contributed by atoms with Gasteiger partial charge in [-0.3, -0.25) is 19.4 Å². The minimum Gasteiger partial charge on any atom is -0.444 e. The van der Waals surface area contributed by atoms with Crippen molar-refractivity contribution in [1.29, 1.82) is 0 Å². The number of rotatable bonds is 18. The molecule has 0 spiro atoms. The van der Waals surface area contributed by atoms with Gasteiger partial charge in [0.1, 0.15) is 18.8 Å². The zero-order chi connectivity index (χ0) is 34.9. The van der Waals surface area contributed by atoms with E-state index in [1.807, 2.05) is 38.1 Å². The van der Waals surface area contributed by atoms with Crippen LogP contribution in [0.15, 0.2) is 65.7 Å². The fraction of sp³-hybridized carbons (Fsp3) is 0.500. The van der Waals surface area contributed by atoms with Crippen molar-refractivity contribution in [3.8, 4) is 0 Å². The molecule has 0 saturated heterocycles. The lowest BCUT2D eigenvalue weighted by molar-refractivity contribution is -0.139. The van der Waals surface area contributed by atoms with Gasteiger partial charge in [0.15, 0.2) is 5.96 Å². The van der Waals surface area contributed by atoms with Crippen molar-refractivity contribution in [2.75, 3.05) is 13.1 Å². The number of imide groups is 1. The van der Waals surface area contributed by atoms with Crippen molar-refractivity contribution in [3.63, 3.8) is 0 Å². The molecule has 0 heterocycles. The highest BCUT2D eigenvalue weighted by Crippen LogP contribution is 2.18. The van der Waals surface area contributed by atoms with Crippen LogP contribution < -0.4 is 27.8 Å². The Balaban J connectivity index is 2.30. The Bertz CT molecular complexity index is 1300. The fourth-order valence-corrected chi connectivity index (χ4v) is 4.85. The molecule has 0 radical (unpaired) electrons. The Hall–Kier alpha value is -4.49. The van der Waals surface area contributed by atoms with Gasteiger partial charge in [0.2, 0.25) is 11.8 Å². The molecule has 258 valence electrons. The van der Waals surface area contributed by atoms with Gasteiger partial charge in [-0.25, -0.2) is 9.69 Å². The molecule has 0 aliphatic rings. The average molecular weight is 654 g/mol. The number of aliphatic hydroxyl groups is 1. The lowest BCUT2D eigenvalue weighted by Crippen LogP contribution is -2.59. The van der Waals surface area contributed by atoms with Crippen molar-refractivity contribution in [3.05, 3.63) is 71.8 Å². The largest absolute Gasteiger partial charge is 0.444 e. The van der Waals surface area contributed by atoms with Crippen molar-refractivity contribution in [2.24, 2.45) is 34.0 Å². The maximum Gasteiger partial charge on any atom is 0.417 e. The van der Waals surface area contributed by atoms with Crippen LogP contribution in [0.25, 0.3) is 0 Å². The number of benzene rings is 2. The van der Waals surface area contributed by atoms with Crippen molar-refractivity contribution >= 4 is 29.8 Å². The van der Waals surface area contributed by atoms with E-state index in [2.05, 4.69) is 15.6 Å². The molecule has 2 aromatic carbocycles. The number of guanidine groups is 1. The van der Waals surface area contributed by atoms with Crippen LogP contribution in [0.4, 0.5) is 4.79 Å². The standard InChI is InChI=1S/C34H51N7O6/c1-22(2)18-27(40-30(43)26(35)16-11-17-38-33(36)37)32(45)41(34(46)47-21-25-14-9-6-10-15-25)28(23(3)4)20-39-31(44)29(42)19-24-12-7-5-8-13-24/h5-10,12-15,22-23,26-29,42H,11,16-21,35H2,1-4H3,(H,39,44)(H,40,43)(H4,36,37,38)/t26-,27-,28+,29-/m0/s1. The number of ether oxygens (including phenoxy) is 1. The Kier molecular flexibility index (Phi) is 16.4. The molecular weight excluding hydrogens is 602 g/mol. The molecule has 4 atom stereocenters. The molecule has 13 heteroatoms. The molecule has 0 unspecified atom stereocenters. The summed E-state index contributed by atoms with van der Waals surface area (Å²) in [6.07, 6.45) is -1.27. The Morgan fingerprint density at radius 2 is 1.51 bits per heavy atom. The van der Waals surface area contributed by atoms with Crippen molar-refractivity contribution in [2.45, 2.75) is 84.2 Å². The first-order chi connectivity index (χ1) is 22.3. The molecule has 0 aromatic heterocycles. The highest BCUT2D eigenvalue weighted by atomic mass is 16.6. The van der Waals surface area contributed by atoms with Crippen LogP contribution in [-0.4, -0.2) is 77.1 Å². The van der Waals surface area contributed by atoms with E-state index >= 15 is 0 Å². The minimum absolute atomic E-state index is 0.0464. The van der Waals surface area contributed by atoms with Crippen LogP contribution in [-0.2, 0) is 32.1 Å². The van der Waals surface area contributed by atoms with E-state index in [1.165, 1.54) is 0 Å². The van der Waals surface area contributed by atoms with Gasteiger partial charge in [-0.15, -0.1) is 0 Å². The third-order valence-electron chi connectivity index (χ3n) is 7.43. The highest BCUT2D eigenvalue weighted by molar-refractivity contribution is 5.98. The lowest BCUT2D eigenvalue weighted by Gasteiger charge is -2.35. The van der Waals surface area contributed by atoms with E-state index in [9.17, 15) is 24.3 Å². The maximum atomic E-state index is 14.3. The highest BCUT2D eigenvalue weighted by Gasteiger charge is 2.39. The predicted molar refractivity (Wildman–Crippen MR) is 181 cm³/mol. The normalized spacial score (nSPS) is 13.6. The lowest BCUT2D eigenvalue weighted by atomic mass is 9.98. The molecule has 0 bridgehead atoms. The summed E-state index contributed by atoms with van der Waals surface area (Å²) in [5, 5.41) is 16.0. The molecule has 47 heavy (non-hydrogen) atoms. The first kappa shape index (κ1) is 38.7. The smallest absolute Gasteiger partial charge is 0.417 e. The van der Waals surface area contributed by atoms with Crippen molar-refractivity contribution in [1.82, 2.24) is 15.5 Å². The maximum absolute atomic E-state index is 14.3. The zero-order valence-electron chi connectivity index (χ0n) is 27.8. The van der Waals surface area contributed by atoms with Gasteiger partial charge in [-0.05, 0) is 42.2 Å². The number of aliphatic imine (C=N–C) groups is 1. The molecule has 13 nitrogen and oxygen atoms in total. The van der Waals surface area contributed by atoms with Gasteiger partial charge in [0.05, 0.1) is 12.1 Å². The second kappa shape index (κ2) is 19.9. The quantitative estimate of drug-likeness (QED) is 0.0785. The van der Waals surface area contributed by atoms with Crippen molar-refractivity contribution < 1.29 is 29.0 Å². The van der Waals surface area contributed by atoms with E-state index in [0.717, 1.165) is 10.5 Å². The van der Waals surface area contributed by atoms with E-state index < -0.39 is 48.0 Å². The second-order valence-electron chi connectivity index (χ2n) is 12.3. The first-order valence-corrected chi connectivity index (χ1v) is 15.9. The summed E-state index contributed by atoms with van der Waals surface area (Å²) < 4.78 is 5.60. The van der Waals surface area contributed by atoms with Gasteiger partial charge in [0.25, 0.3) is 5.91 Å². The third-order valence-corrected chi connectivity index (χ3v) is 7.43. The SMILES string of the molecule is CC(C)C[C@H](NC(=O)[C@@H](N)CCCN=C(N)N)C(=O)N(C(=O)OCc1ccccc1)[C@H](CNC(=O)[C@@H](O)Cc1ccccc1)C(C)C. The molecule has 0 aliphatic carbocycles. The molecule has 0 aliphatic heterocycles. The van der Waals surface area contributed by atoms with Gasteiger partial charge >= 0.3 is 6.09 Å². The topological polar surface area (TPSA) is 215 Å². The fourth-order valence-electron chi connectivity index (χ4n) is 4.85. The molecule has 0 fully saturated rings. The number of hydrogen-bond donors (Lipinski definition) is 6. The van der Waals surface area contributed by atoms with Gasteiger partial charge < -0.3 is 37.7 Å². The summed E-state index contributed by atoms with van der Waals surface area (Å²) in [6.45, 7) is 7.40. The number of aliphatic hydroxyl groups excluding tert-OH is 1. The minimum atomic E-state index is -1.35. The zero-order valence-corrected chi connectivity index (χ0v) is 27.8.